The molecule has 4 aromatic rings. The average molecular weight is 346 g/mol. The van der Waals surface area contributed by atoms with Crippen molar-refractivity contribution in [2.24, 2.45) is 0 Å². The van der Waals surface area contributed by atoms with Crippen molar-refractivity contribution in [3.63, 3.8) is 0 Å². The van der Waals surface area contributed by atoms with Crippen molar-refractivity contribution < 1.29 is 14.8 Å². The van der Waals surface area contributed by atoms with Crippen LogP contribution in [0.4, 0.5) is 0 Å². The van der Waals surface area contributed by atoms with Gasteiger partial charge in [-0.1, -0.05) is 72.0 Å². The van der Waals surface area contributed by atoms with Gasteiger partial charge in [0.1, 0.15) is 5.75 Å². The first-order valence-electron chi connectivity index (χ1n) is 7.92. The molecule has 0 saturated carbocycles. The number of para-hydroxylation sites is 2. The summed E-state index contributed by atoms with van der Waals surface area (Å²) < 4.78 is 1.78. The highest BCUT2D eigenvalue weighted by molar-refractivity contribution is 7.18. The van der Waals surface area contributed by atoms with Gasteiger partial charge in [-0.3, -0.25) is 0 Å². The van der Waals surface area contributed by atoms with Crippen molar-refractivity contribution in [3.8, 4) is 38.3 Å². The molecule has 0 fully saturated rings. The summed E-state index contributed by atoms with van der Waals surface area (Å²) >= 11 is 1.45. The molecule has 25 heavy (non-hydrogen) atoms. The third kappa shape index (κ3) is 2.77. The van der Waals surface area contributed by atoms with Crippen molar-refractivity contribution in [2.75, 3.05) is 0 Å². The van der Waals surface area contributed by atoms with E-state index in [1.54, 1.807) is 16.7 Å². The smallest absolute Gasteiger partial charge is 0.391 e. The Labute approximate surface area is 149 Å². The van der Waals surface area contributed by atoms with Crippen LogP contribution in [0, 0.1) is 0 Å². The van der Waals surface area contributed by atoms with Gasteiger partial charge in [-0.2, -0.15) is 0 Å². The van der Waals surface area contributed by atoms with E-state index < -0.39 is 0 Å². The molecule has 0 spiro atoms. The van der Waals surface area contributed by atoms with Crippen molar-refractivity contribution >= 4 is 11.3 Å². The summed E-state index contributed by atoms with van der Waals surface area (Å²) in [5.41, 5.74) is 2.47. The first-order valence-corrected chi connectivity index (χ1v) is 8.74. The fraction of sp³-hybridized carbons (Fsp3) is 0. The maximum absolute atomic E-state index is 11.0. The van der Waals surface area contributed by atoms with Gasteiger partial charge in [0.15, 0.2) is 4.88 Å². The molecular weight excluding hydrogens is 330 g/mol. The van der Waals surface area contributed by atoms with Crippen molar-refractivity contribution in [1.29, 1.82) is 0 Å². The zero-order valence-electron chi connectivity index (χ0n) is 13.3. The van der Waals surface area contributed by atoms with Gasteiger partial charge in [-0.15, -0.1) is 4.57 Å². The van der Waals surface area contributed by atoms with E-state index in [-0.39, 0.29) is 11.6 Å². The summed E-state index contributed by atoms with van der Waals surface area (Å²) in [5, 5.41) is 22.1. The van der Waals surface area contributed by atoms with E-state index >= 15 is 0 Å². The third-order valence-corrected chi connectivity index (χ3v) is 5.22. The Morgan fingerprint density at radius 1 is 0.680 bits per heavy atom. The normalized spacial score (nSPS) is 10.7. The van der Waals surface area contributed by atoms with Gasteiger partial charge in [0.05, 0.1) is 5.56 Å². The first kappa shape index (κ1) is 15.4. The third-order valence-electron chi connectivity index (χ3n) is 4.00. The summed E-state index contributed by atoms with van der Waals surface area (Å²) in [6.45, 7) is 0. The predicted molar refractivity (Wildman–Crippen MR) is 100 cm³/mol. The van der Waals surface area contributed by atoms with Crippen LogP contribution in [0.25, 0.3) is 26.7 Å². The Morgan fingerprint density at radius 2 is 1.28 bits per heavy atom. The maximum Gasteiger partial charge on any atom is 0.391 e. The lowest BCUT2D eigenvalue weighted by Crippen LogP contribution is -2.30. The number of thiazole rings is 1. The molecule has 0 bridgehead atoms. The molecule has 0 amide bonds. The zero-order valence-corrected chi connectivity index (χ0v) is 14.1. The number of phenolic OH excluding ortho intramolecular Hbond substituents is 1. The second-order valence-corrected chi connectivity index (χ2v) is 6.61. The van der Waals surface area contributed by atoms with Crippen molar-refractivity contribution in [1.82, 2.24) is 0 Å². The number of benzene rings is 3. The van der Waals surface area contributed by atoms with Crippen LogP contribution in [0.15, 0.2) is 84.9 Å². The highest BCUT2D eigenvalue weighted by Crippen LogP contribution is 2.41. The van der Waals surface area contributed by atoms with Gasteiger partial charge in [-0.25, -0.2) is 0 Å². The lowest BCUT2D eigenvalue weighted by molar-refractivity contribution is -0.587. The fourth-order valence-electron chi connectivity index (χ4n) is 2.81. The van der Waals surface area contributed by atoms with Gasteiger partial charge in [-0.05, 0) is 12.1 Å². The van der Waals surface area contributed by atoms with Gasteiger partial charge < -0.3 is 10.2 Å². The van der Waals surface area contributed by atoms with Crippen LogP contribution >= 0.6 is 11.3 Å². The summed E-state index contributed by atoms with van der Waals surface area (Å²) in [7, 11) is 0. The zero-order chi connectivity index (χ0) is 17.2. The fourth-order valence-corrected chi connectivity index (χ4v) is 4.01. The van der Waals surface area contributed by atoms with Crippen LogP contribution in [0.5, 0.6) is 11.6 Å². The van der Waals surface area contributed by atoms with E-state index in [9.17, 15) is 10.2 Å². The molecule has 3 aromatic carbocycles. The number of aromatic hydroxyl groups is 2. The molecule has 0 aliphatic carbocycles. The number of nitrogens with zero attached hydrogens (tertiary/aromatic N) is 1. The van der Waals surface area contributed by atoms with E-state index in [2.05, 4.69) is 0 Å². The van der Waals surface area contributed by atoms with E-state index in [0.717, 1.165) is 21.1 Å². The monoisotopic (exact) mass is 346 g/mol. The molecule has 2 N–H and O–H groups in total. The van der Waals surface area contributed by atoms with E-state index in [0.29, 0.717) is 5.56 Å². The molecule has 4 heteroatoms. The Balaban J connectivity index is 2.01. The molecular formula is C21H16NO2S+. The van der Waals surface area contributed by atoms with Gasteiger partial charge >= 0.3 is 5.88 Å². The van der Waals surface area contributed by atoms with Gasteiger partial charge in [0.25, 0.3) is 5.01 Å². The lowest BCUT2D eigenvalue weighted by atomic mass is 10.2. The van der Waals surface area contributed by atoms with Crippen LogP contribution in [-0.4, -0.2) is 10.2 Å². The lowest BCUT2D eigenvalue weighted by Gasteiger charge is -2.00. The molecule has 0 radical (unpaired) electrons. The second-order valence-electron chi connectivity index (χ2n) is 5.61. The van der Waals surface area contributed by atoms with E-state index in [1.807, 2.05) is 72.8 Å². The summed E-state index contributed by atoms with van der Waals surface area (Å²) in [6, 6.07) is 26.6. The first-order chi connectivity index (χ1) is 12.3. The van der Waals surface area contributed by atoms with Crippen LogP contribution in [0.3, 0.4) is 0 Å². The SMILES string of the molecule is Oc1ccccc1-c1sc(-c2ccccc2)c(O)[n+]1-c1ccccc1. The molecule has 1 aromatic heterocycles. The van der Waals surface area contributed by atoms with Crippen LogP contribution in [0.1, 0.15) is 0 Å². The molecule has 1 heterocycles. The van der Waals surface area contributed by atoms with Crippen molar-refractivity contribution in [3.05, 3.63) is 84.9 Å². The van der Waals surface area contributed by atoms with Gasteiger partial charge in [0.2, 0.25) is 5.69 Å². The number of rotatable bonds is 3. The van der Waals surface area contributed by atoms with E-state index in [1.165, 1.54) is 11.3 Å². The Hall–Kier alpha value is -3.11. The average Bonchev–Trinajstić information content (AvgIpc) is 3.00. The Morgan fingerprint density at radius 3 is 1.96 bits per heavy atom. The Kier molecular flexibility index (Phi) is 3.96. The summed E-state index contributed by atoms with van der Waals surface area (Å²) in [5.74, 6) is 0.355. The minimum absolute atomic E-state index is 0.167. The minimum atomic E-state index is 0.167. The van der Waals surface area contributed by atoms with Gasteiger partial charge in [0, 0.05) is 17.7 Å². The molecule has 0 atom stereocenters. The molecule has 0 aliphatic rings. The number of hydrogen-bond donors (Lipinski definition) is 2. The predicted octanol–water partition coefficient (Wildman–Crippen LogP) is 4.77. The number of hydrogen-bond acceptors (Lipinski definition) is 3. The minimum Gasteiger partial charge on any atom is -0.507 e. The van der Waals surface area contributed by atoms with Crippen molar-refractivity contribution in [2.45, 2.75) is 0 Å². The molecule has 0 aliphatic heterocycles. The van der Waals surface area contributed by atoms with Crippen LogP contribution in [-0.2, 0) is 0 Å². The highest BCUT2D eigenvalue weighted by Gasteiger charge is 2.31. The van der Waals surface area contributed by atoms with E-state index in [4.69, 9.17) is 0 Å². The summed E-state index contributed by atoms with van der Waals surface area (Å²) in [6.07, 6.45) is 0. The topological polar surface area (TPSA) is 44.3 Å². The molecule has 0 unspecified atom stereocenters. The summed E-state index contributed by atoms with van der Waals surface area (Å²) in [4.78, 5) is 0.766. The molecule has 3 nitrogen and oxygen atoms in total. The number of phenols is 1. The van der Waals surface area contributed by atoms with Crippen LogP contribution in [0.2, 0.25) is 0 Å². The Bertz CT molecular complexity index is 1010. The number of aromatic nitrogens is 1. The standard InChI is InChI=1S/C21H15NO2S/c23-18-14-8-7-13-17(18)21-22(16-11-5-2-6-12-16)20(24)19(25-21)15-9-3-1-4-10-15/h1-14,24H/p+1. The molecule has 0 saturated heterocycles. The molecule has 4 rings (SSSR count). The maximum atomic E-state index is 11.0. The quantitative estimate of drug-likeness (QED) is 0.525. The van der Waals surface area contributed by atoms with Crippen LogP contribution < -0.4 is 4.57 Å². The highest BCUT2D eigenvalue weighted by atomic mass is 32.1. The largest absolute Gasteiger partial charge is 0.507 e. The second kappa shape index (κ2) is 6.42. The molecule has 122 valence electrons.